The van der Waals surface area contributed by atoms with E-state index >= 15 is 0 Å². The molecular formula is C56H41N. The lowest BCUT2D eigenvalue weighted by Gasteiger charge is -2.46. The Morgan fingerprint density at radius 3 is 1.47 bits per heavy atom. The molecule has 2 aliphatic rings. The van der Waals surface area contributed by atoms with Crippen molar-refractivity contribution in [3.8, 4) is 33.4 Å². The van der Waals surface area contributed by atoms with E-state index < -0.39 is 5.41 Å². The van der Waals surface area contributed by atoms with Crippen LogP contribution in [0, 0.1) is 0 Å². The summed E-state index contributed by atoms with van der Waals surface area (Å²) < 4.78 is 0. The highest BCUT2D eigenvalue weighted by Gasteiger charge is 2.53. The van der Waals surface area contributed by atoms with E-state index in [0.717, 1.165) is 17.1 Å². The van der Waals surface area contributed by atoms with Crippen molar-refractivity contribution in [2.75, 3.05) is 4.90 Å². The summed E-state index contributed by atoms with van der Waals surface area (Å²) in [5, 5.41) is 2.44. The molecule has 0 saturated carbocycles. The fourth-order valence-corrected chi connectivity index (χ4v) is 10.1. The zero-order chi connectivity index (χ0) is 38.1. The quantitative estimate of drug-likeness (QED) is 0.171. The van der Waals surface area contributed by atoms with Gasteiger partial charge in [0.2, 0.25) is 0 Å². The van der Waals surface area contributed by atoms with Crippen LogP contribution in [0.5, 0.6) is 0 Å². The van der Waals surface area contributed by atoms with Gasteiger partial charge in [-0.05, 0) is 102 Å². The molecule has 0 atom stereocenters. The van der Waals surface area contributed by atoms with E-state index in [9.17, 15) is 0 Å². The molecule has 0 fully saturated rings. The zero-order valence-corrected chi connectivity index (χ0v) is 32.2. The van der Waals surface area contributed by atoms with Gasteiger partial charge in [-0.3, -0.25) is 0 Å². The van der Waals surface area contributed by atoms with Crippen molar-refractivity contribution in [3.63, 3.8) is 0 Å². The highest BCUT2D eigenvalue weighted by atomic mass is 15.1. The summed E-state index contributed by atoms with van der Waals surface area (Å²) in [6, 6.07) is 78.6. The average Bonchev–Trinajstić information content (AvgIpc) is 3.57. The van der Waals surface area contributed by atoms with Crippen molar-refractivity contribution in [1.82, 2.24) is 0 Å². The third-order valence-electron chi connectivity index (χ3n) is 12.8. The first-order valence-corrected chi connectivity index (χ1v) is 20.0. The maximum absolute atomic E-state index is 2.45. The number of hydrogen-bond acceptors (Lipinski definition) is 1. The average molecular weight is 728 g/mol. The molecule has 9 aromatic carbocycles. The van der Waals surface area contributed by atoms with Gasteiger partial charge in [-0.15, -0.1) is 0 Å². The number of anilines is 3. The van der Waals surface area contributed by atoms with Crippen LogP contribution in [-0.2, 0) is 10.8 Å². The number of rotatable bonds is 5. The molecule has 0 heterocycles. The summed E-state index contributed by atoms with van der Waals surface area (Å²) in [4.78, 5) is 2.45. The first kappa shape index (κ1) is 33.4. The smallest absolute Gasteiger partial charge is 0.0719 e. The summed E-state index contributed by atoms with van der Waals surface area (Å²) in [7, 11) is 0. The highest BCUT2D eigenvalue weighted by molar-refractivity contribution is 6.00. The van der Waals surface area contributed by atoms with Gasteiger partial charge in [-0.25, -0.2) is 0 Å². The van der Waals surface area contributed by atoms with Gasteiger partial charge in [-0.1, -0.05) is 196 Å². The first-order chi connectivity index (χ1) is 28.0. The minimum atomic E-state index is -0.421. The van der Waals surface area contributed by atoms with Gasteiger partial charge >= 0.3 is 0 Å². The fourth-order valence-electron chi connectivity index (χ4n) is 10.1. The highest BCUT2D eigenvalue weighted by Crippen LogP contribution is 2.62. The van der Waals surface area contributed by atoms with Crippen molar-refractivity contribution in [2.24, 2.45) is 0 Å². The van der Waals surface area contributed by atoms with Gasteiger partial charge in [-0.2, -0.15) is 0 Å². The van der Waals surface area contributed by atoms with Crippen LogP contribution in [0.1, 0.15) is 47.2 Å². The predicted molar refractivity (Wildman–Crippen MR) is 239 cm³/mol. The summed E-state index contributed by atoms with van der Waals surface area (Å²) in [6.07, 6.45) is 0. The molecule has 0 aliphatic heterocycles. The van der Waals surface area contributed by atoms with Gasteiger partial charge in [0.1, 0.15) is 0 Å². The summed E-state index contributed by atoms with van der Waals surface area (Å²) in [6.45, 7) is 4.77. The fraction of sp³-hybridized carbons (Fsp3) is 0.0714. The van der Waals surface area contributed by atoms with Crippen LogP contribution in [0.25, 0.3) is 44.2 Å². The second kappa shape index (κ2) is 12.8. The Bertz CT molecular complexity index is 2920. The van der Waals surface area contributed by atoms with Crippen molar-refractivity contribution < 1.29 is 0 Å². The molecule has 9 aromatic rings. The van der Waals surface area contributed by atoms with E-state index in [2.05, 4.69) is 231 Å². The van der Waals surface area contributed by atoms with E-state index in [0.29, 0.717) is 0 Å². The van der Waals surface area contributed by atoms with E-state index in [1.165, 1.54) is 77.5 Å². The third kappa shape index (κ3) is 4.95. The maximum atomic E-state index is 2.45. The Labute approximate surface area is 335 Å². The monoisotopic (exact) mass is 727 g/mol. The van der Waals surface area contributed by atoms with Crippen molar-refractivity contribution in [3.05, 3.63) is 246 Å². The molecule has 0 saturated heterocycles. The molecule has 11 rings (SSSR count). The van der Waals surface area contributed by atoms with Gasteiger partial charge in [0, 0.05) is 22.2 Å². The molecule has 1 spiro atoms. The largest absolute Gasteiger partial charge is 0.310 e. The standard InChI is InChI=1S/C56H41N/c1-55(2)50-22-10-12-24-52(50)56(53-25-13-11-23-51(53)55)48-21-9-8-20-46(48)47-37-44(35-36-49(47)56)57(54-26-14-18-42-17-6-7-19-45(42)54)43-33-31-41(32-34-43)40-29-27-39(28-30-40)38-15-4-3-5-16-38/h3-37H,1-2H3. The summed E-state index contributed by atoms with van der Waals surface area (Å²) in [5.74, 6) is 0. The Kier molecular flexibility index (Phi) is 7.50. The van der Waals surface area contributed by atoms with Gasteiger partial charge < -0.3 is 4.90 Å². The molecule has 0 N–H and O–H groups in total. The lowest BCUT2D eigenvalue weighted by atomic mass is 9.55. The maximum Gasteiger partial charge on any atom is 0.0719 e. The molecule has 0 radical (unpaired) electrons. The van der Waals surface area contributed by atoms with Crippen LogP contribution in [-0.4, -0.2) is 0 Å². The summed E-state index contributed by atoms with van der Waals surface area (Å²) in [5.41, 5.74) is 18.5. The molecule has 0 bridgehead atoms. The molecule has 0 amide bonds. The third-order valence-corrected chi connectivity index (χ3v) is 12.8. The molecule has 0 unspecified atom stereocenters. The normalized spacial score (nSPS) is 14.1. The van der Waals surface area contributed by atoms with Crippen LogP contribution in [0.3, 0.4) is 0 Å². The van der Waals surface area contributed by atoms with Crippen molar-refractivity contribution in [1.29, 1.82) is 0 Å². The lowest BCUT2D eigenvalue weighted by Crippen LogP contribution is -2.40. The molecule has 57 heavy (non-hydrogen) atoms. The van der Waals surface area contributed by atoms with Crippen LogP contribution in [0.2, 0.25) is 0 Å². The van der Waals surface area contributed by atoms with Crippen molar-refractivity contribution >= 4 is 27.8 Å². The second-order valence-corrected chi connectivity index (χ2v) is 16.1. The number of nitrogens with zero attached hydrogens (tertiary/aromatic N) is 1. The second-order valence-electron chi connectivity index (χ2n) is 16.1. The topological polar surface area (TPSA) is 3.24 Å². The molecule has 1 nitrogen and oxygen atoms in total. The Morgan fingerprint density at radius 1 is 0.333 bits per heavy atom. The molecule has 270 valence electrons. The Balaban J connectivity index is 1.09. The van der Waals surface area contributed by atoms with Gasteiger partial charge in [0.25, 0.3) is 0 Å². The van der Waals surface area contributed by atoms with Gasteiger partial charge in [0.15, 0.2) is 0 Å². The van der Waals surface area contributed by atoms with Gasteiger partial charge in [0.05, 0.1) is 11.1 Å². The zero-order valence-electron chi connectivity index (χ0n) is 32.2. The Morgan fingerprint density at radius 2 is 0.807 bits per heavy atom. The first-order valence-electron chi connectivity index (χ1n) is 20.0. The Hall–Kier alpha value is -6.96. The van der Waals surface area contributed by atoms with Crippen molar-refractivity contribution in [2.45, 2.75) is 24.7 Å². The van der Waals surface area contributed by atoms with E-state index in [-0.39, 0.29) is 5.41 Å². The lowest BCUT2D eigenvalue weighted by molar-refractivity contribution is 0.563. The minimum absolute atomic E-state index is 0.128. The van der Waals surface area contributed by atoms with E-state index in [4.69, 9.17) is 0 Å². The van der Waals surface area contributed by atoms with Crippen LogP contribution in [0.4, 0.5) is 17.1 Å². The minimum Gasteiger partial charge on any atom is -0.310 e. The number of fused-ring (bicyclic) bond motifs is 10. The van der Waals surface area contributed by atoms with E-state index in [1.807, 2.05) is 0 Å². The molecule has 1 heteroatoms. The summed E-state index contributed by atoms with van der Waals surface area (Å²) >= 11 is 0. The predicted octanol–water partition coefficient (Wildman–Crippen LogP) is 14.6. The molecule has 2 aliphatic carbocycles. The molecular weight excluding hydrogens is 687 g/mol. The number of benzene rings is 9. The van der Waals surface area contributed by atoms with Crippen LogP contribution in [0.15, 0.2) is 212 Å². The SMILES string of the molecule is CC1(C)c2ccccc2C2(c3ccccc3-c3cc(N(c4ccc(-c5ccc(-c6ccccc6)cc5)cc4)c4cccc5ccccc45)ccc32)c2ccccc21. The molecule has 0 aromatic heterocycles. The van der Waals surface area contributed by atoms with E-state index in [1.54, 1.807) is 0 Å². The van der Waals surface area contributed by atoms with Crippen LogP contribution < -0.4 is 4.90 Å². The van der Waals surface area contributed by atoms with Crippen LogP contribution >= 0.6 is 0 Å². The number of hydrogen-bond donors (Lipinski definition) is 0.